The number of nitrogens with zero attached hydrogens (tertiary/aromatic N) is 3. The van der Waals surface area contributed by atoms with E-state index in [0.717, 1.165) is 50.1 Å². The average Bonchev–Trinajstić information content (AvgIpc) is 3.51. The second-order valence-corrected chi connectivity index (χ2v) is 8.70. The van der Waals surface area contributed by atoms with Crippen LogP contribution in [-0.2, 0) is 16.0 Å². The lowest BCUT2D eigenvalue weighted by Gasteiger charge is -2.47. The summed E-state index contributed by atoms with van der Waals surface area (Å²) in [7, 11) is 0. The highest BCUT2D eigenvalue weighted by molar-refractivity contribution is 6.31. The zero-order valence-electron chi connectivity index (χ0n) is 16.6. The van der Waals surface area contributed by atoms with E-state index in [1.807, 2.05) is 11.0 Å². The molecule has 1 aromatic rings. The summed E-state index contributed by atoms with van der Waals surface area (Å²) < 4.78 is 0. The average molecular weight is 418 g/mol. The van der Waals surface area contributed by atoms with Gasteiger partial charge in [-0.2, -0.15) is 0 Å². The first-order valence-electron chi connectivity index (χ1n) is 10.4. The third-order valence-electron chi connectivity index (χ3n) is 6.36. The van der Waals surface area contributed by atoms with Crippen molar-refractivity contribution in [3.05, 3.63) is 40.9 Å². The van der Waals surface area contributed by atoms with Crippen LogP contribution in [0.3, 0.4) is 0 Å². The van der Waals surface area contributed by atoms with Crippen LogP contribution >= 0.6 is 11.6 Å². The highest BCUT2D eigenvalue weighted by Gasteiger charge is 2.35. The molecule has 0 spiro atoms. The van der Waals surface area contributed by atoms with E-state index in [2.05, 4.69) is 11.5 Å². The molecule has 6 nitrogen and oxygen atoms in total. The quantitative estimate of drug-likeness (QED) is 0.722. The lowest BCUT2D eigenvalue weighted by molar-refractivity contribution is -0.136. The molecule has 0 aromatic heterocycles. The maximum absolute atomic E-state index is 12.7. The molecular weight excluding hydrogens is 390 g/mol. The Morgan fingerprint density at radius 3 is 2.45 bits per heavy atom. The number of hydrogen-bond donors (Lipinski definition) is 1. The van der Waals surface area contributed by atoms with Gasteiger partial charge in [-0.25, -0.2) is 0 Å². The Bertz CT molecular complexity index is 810. The van der Waals surface area contributed by atoms with Gasteiger partial charge < -0.3 is 14.9 Å². The molecule has 0 unspecified atom stereocenters. The Balaban J connectivity index is 1.24. The van der Waals surface area contributed by atoms with Crippen molar-refractivity contribution in [2.45, 2.75) is 37.6 Å². The van der Waals surface area contributed by atoms with E-state index in [-0.39, 0.29) is 17.6 Å². The van der Waals surface area contributed by atoms with E-state index in [9.17, 15) is 14.7 Å². The van der Waals surface area contributed by atoms with Crippen LogP contribution in [-0.4, -0.2) is 76.9 Å². The molecule has 2 heterocycles. The number of likely N-dealkylation sites (tertiary alicyclic amines) is 1. The van der Waals surface area contributed by atoms with Gasteiger partial charge in [-0.15, -0.1) is 0 Å². The highest BCUT2D eigenvalue weighted by atomic mass is 35.5. The summed E-state index contributed by atoms with van der Waals surface area (Å²) in [6.07, 6.45) is 4.58. The molecule has 2 saturated heterocycles. The number of phenols is 1. The SMILES string of the molecule is C=CC(=O)N1CC(N2CCN(C(=O)CCc3cc(C4CC4)c(Cl)cc3O)CC2)C1. The number of amides is 2. The Morgan fingerprint density at radius 1 is 1.14 bits per heavy atom. The molecule has 1 aliphatic carbocycles. The summed E-state index contributed by atoms with van der Waals surface area (Å²) in [6.45, 7) is 8.12. The van der Waals surface area contributed by atoms with Crippen LogP contribution in [0, 0.1) is 0 Å². The Kier molecular flexibility index (Phi) is 5.83. The normalized spacial score (nSPS) is 20.4. The Hall–Kier alpha value is -2.05. The largest absolute Gasteiger partial charge is 0.508 e. The minimum atomic E-state index is -0.00893. The van der Waals surface area contributed by atoms with Gasteiger partial charge in [0.05, 0.1) is 0 Å². The lowest BCUT2D eigenvalue weighted by atomic mass is 10.0. The predicted molar refractivity (Wildman–Crippen MR) is 112 cm³/mol. The van der Waals surface area contributed by atoms with Crippen molar-refractivity contribution >= 4 is 23.4 Å². The number of carbonyl (C=O) groups excluding carboxylic acids is 2. The molecule has 2 aliphatic heterocycles. The van der Waals surface area contributed by atoms with Crippen LogP contribution < -0.4 is 0 Å². The summed E-state index contributed by atoms with van der Waals surface area (Å²) in [5.74, 6) is 0.810. The number of piperazine rings is 1. The number of aryl methyl sites for hydroxylation is 1. The summed E-state index contributed by atoms with van der Waals surface area (Å²) in [5, 5.41) is 10.8. The van der Waals surface area contributed by atoms with E-state index < -0.39 is 0 Å². The number of halogens is 1. The molecule has 4 rings (SSSR count). The highest BCUT2D eigenvalue weighted by Crippen LogP contribution is 2.45. The molecule has 29 heavy (non-hydrogen) atoms. The molecule has 0 bridgehead atoms. The van der Waals surface area contributed by atoms with Crippen LogP contribution in [0.25, 0.3) is 0 Å². The van der Waals surface area contributed by atoms with Gasteiger partial charge in [-0.05, 0) is 48.4 Å². The first kappa shape index (κ1) is 20.2. The molecule has 1 aromatic carbocycles. The van der Waals surface area contributed by atoms with Crippen molar-refractivity contribution in [3.8, 4) is 5.75 Å². The second kappa shape index (κ2) is 8.36. The molecule has 7 heteroatoms. The van der Waals surface area contributed by atoms with Crippen molar-refractivity contribution in [2.24, 2.45) is 0 Å². The van der Waals surface area contributed by atoms with Crippen LogP contribution in [0.2, 0.25) is 5.02 Å². The van der Waals surface area contributed by atoms with Crippen LogP contribution in [0.15, 0.2) is 24.8 Å². The van der Waals surface area contributed by atoms with E-state index in [4.69, 9.17) is 11.6 Å². The number of rotatable bonds is 6. The zero-order valence-corrected chi connectivity index (χ0v) is 17.4. The van der Waals surface area contributed by atoms with Crippen LogP contribution in [0.5, 0.6) is 5.75 Å². The van der Waals surface area contributed by atoms with Crippen molar-refractivity contribution in [1.29, 1.82) is 0 Å². The maximum Gasteiger partial charge on any atom is 0.246 e. The van der Waals surface area contributed by atoms with Gasteiger partial charge in [-0.1, -0.05) is 24.2 Å². The topological polar surface area (TPSA) is 64.1 Å². The smallest absolute Gasteiger partial charge is 0.246 e. The first-order chi connectivity index (χ1) is 14.0. The minimum absolute atomic E-state index is 0.00893. The summed E-state index contributed by atoms with van der Waals surface area (Å²) >= 11 is 6.25. The molecule has 1 N–H and O–H groups in total. The molecule has 3 fully saturated rings. The van der Waals surface area contributed by atoms with Gasteiger partial charge in [-0.3, -0.25) is 14.5 Å². The van der Waals surface area contributed by atoms with Crippen LogP contribution in [0.4, 0.5) is 0 Å². The van der Waals surface area contributed by atoms with Gasteiger partial charge in [0.15, 0.2) is 0 Å². The van der Waals surface area contributed by atoms with E-state index in [0.29, 0.717) is 42.9 Å². The number of aromatic hydroxyl groups is 1. The molecular formula is C22H28ClN3O3. The summed E-state index contributed by atoms with van der Waals surface area (Å²) in [6, 6.07) is 3.99. The number of hydrogen-bond acceptors (Lipinski definition) is 4. The van der Waals surface area contributed by atoms with Gasteiger partial charge in [0.1, 0.15) is 5.75 Å². The second-order valence-electron chi connectivity index (χ2n) is 8.29. The third kappa shape index (κ3) is 4.43. The fourth-order valence-electron chi connectivity index (χ4n) is 4.27. The van der Waals surface area contributed by atoms with Gasteiger partial charge in [0, 0.05) is 56.8 Å². The summed E-state index contributed by atoms with van der Waals surface area (Å²) in [5.41, 5.74) is 1.91. The van der Waals surface area contributed by atoms with E-state index in [1.165, 1.54) is 6.08 Å². The number of benzene rings is 1. The summed E-state index contributed by atoms with van der Waals surface area (Å²) in [4.78, 5) is 30.3. The van der Waals surface area contributed by atoms with E-state index >= 15 is 0 Å². The predicted octanol–water partition coefficient (Wildman–Crippen LogP) is 2.40. The first-order valence-corrected chi connectivity index (χ1v) is 10.8. The van der Waals surface area contributed by atoms with Crippen LogP contribution in [0.1, 0.15) is 36.3 Å². The van der Waals surface area contributed by atoms with Crippen molar-refractivity contribution < 1.29 is 14.7 Å². The fraction of sp³-hybridized carbons (Fsp3) is 0.545. The zero-order chi connectivity index (χ0) is 20.5. The lowest BCUT2D eigenvalue weighted by Crippen LogP contribution is -2.64. The Morgan fingerprint density at radius 2 is 1.83 bits per heavy atom. The molecule has 0 radical (unpaired) electrons. The van der Waals surface area contributed by atoms with E-state index in [1.54, 1.807) is 11.0 Å². The van der Waals surface area contributed by atoms with Gasteiger partial charge in [0.25, 0.3) is 0 Å². The molecule has 3 aliphatic rings. The molecule has 2 amide bonds. The monoisotopic (exact) mass is 417 g/mol. The van der Waals surface area contributed by atoms with Gasteiger partial charge >= 0.3 is 0 Å². The maximum atomic E-state index is 12.7. The van der Waals surface area contributed by atoms with Crippen molar-refractivity contribution in [1.82, 2.24) is 14.7 Å². The number of carbonyl (C=O) groups is 2. The third-order valence-corrected chi connectivity index (χ3v) is 6.68. The van der Waals surface area contributed by atoms with Crippen molar-refractivity contribution in [3.63, 3.8) is 0 Å². The number of phenolic OH excluding ortho intramolecular Hbond substituents is 1. The van der Waals surface area contributed by atoms with Gasteiger partial charge in [0.2, 0.25) is 11.8 Å². The molecule has 1 saturated carbocycles. The standard InChI is InChI=1S/C22H28ClN3O3/c1-2-21(28)26-13-17(14-26)24-7-9-25(10-8-24)22(29)6-5-16-11-18(15-3-4-15)19(23)12-20(16)27/h2,11-12,15,17,27H,1,3-10,13-14H2. The molecule has 156 valence electrons. The minimum Gasteiger partial charge on any atom is -0.508 e. The molecule has 0 atom stereocenters. The Labute approximate surface area is 176 Å². The fourth-order valence-corrected chi connectivity index (χ4v) is 4.58. The van der Waals surface area contributed by atoms with Crippen molar-refractivity contribution in [2.75, 3.05) is 39.3 Å².